The molecule has 0 aliphatic carbocycles. The van der Waals surface area contributed by atoms with Crippen LogP contribution in [0.3, 0.4) is 0 Å². The molecule has 0 radical (unpaired) electrons. The lowest BCUT2D eigenvalue weighted by atomic mass is 10.0. The van der Waals surface area contributed by atoms with Gasteiger partial charge >= 0.3 is 17.9 Å². The van der Waals surface area contributed by atoms with Gasteiger partial charge < -0.3 is 14.2 Å². The summed E-state index contributed by atoms with van der Waals surface area (Å²) >= 11 is 0. The summed E-state index contributed by atoms with van der Waals surface area (Å²) in [7, 11) is 0. The molecule has 1 atom stereocenters. The van der Waals surface area contributed by atoms with E-state index in [9.17, 15) is 14.4 Å². The van der Waals surface area contributed by atoms with Crippen LogP contribution in [0.4, 0.5) is 0 Å². The molecular weight excluding hydrogens is 1020 g/mol. The molecule has 0 saturated carbocycles. The van der Waals surface area contributed by atoms with Crippen LogP contribution in [0.1, 0.15) is 406 Å². The Morgan fingerprint density at radius 1 is 0.253 bits per heavy atom. The van der Waals surface area contributed by atoms with Gasteiger partial charge in [-0.2, -0.15) is 0 Å². The molecule has 1 unspecified atom stereocenters. The zero-order valence-corrected chi connectivity index (χ0v) is 56.0. The molecule has 6 heteroatoms. The summed E-state index contributed by atoms with van der Waals surface area (Å²) in [5.41, 5.74) is 0. The maximum absolute atomic E-state index is 12.9. The predicted octanol–water partition coefficient (Wildman–Crippen LogP) is 25.7. The Balaban J connectivity index is 4.12. The minimum absolute atomic E-state index is 0.0739. The predicted molar refractivity (Wildman–Crippen MR) is 362 cm³/mol. The molecule has 0 rings (SSSR count). The van der Waals surface area contributed by atoms with Crippen LogP contribution in [0.15, 0.2) is 48.6 Å². The minimum Gasteiger partial charge on any atom is -0.462 e. The van der Waals surface area contributed by atoms with E-state index < -0.39 is 6.10 Å². The molecular formula is C77H142O6. The van der Waals surface area contributed by atoms with Crippen molar-refractivity contribution in [2.75, 3.05) is 13.2 Å². The minimum atomic E-state index is -0.779. The van der Waals surface area contributed by atoms with Crippen molar-refractivity contribution in [2.24, 2.45) is 0 Å². The van der Waals surface area contributed by atoms with Gasteiger partial charge in [-0.1, -0.05) is 378 Å². The van der Waals surface area contributed by atoms with Crippen LogP contribution in [0.25, 0.3) is 0 Å². The summed E-state index contributed by atoms with van der Waals surface area (Å²) < 4.78 is 17.0. The van der Waals surface area contributed by atoms with Crippen molar-refractivity contribution in [3.05, 3.63) is 48.6 Å². The smallest absolute Gasteiger partial charge is 0.306 e. The van der Waals surface area contributed by atoms with Crippen molar-refractivity contribution in [1.29, 1.82) is 0 Å². The molecule has 0 N–H and O–H groups in total. The fraction of sp³-hybridized carbons (Fsp3) is 0.857. The van der Waals surface area contributed by atoms with E-state index in [0.29, 0.717) is 19.3 Å². The number of allylic oxidation sites excluding steroid dienone is 8. The van der Waals surface area contributed by atoms with Gasteiger partial charge in [0, 0.05) is 19.3 Å². The van der Waals surface area contributed by atoms with Crippen LogP contribution in [0.5, 0.6) is 0 Å². The lowest BCUT2D eigenvalue weighted by molar-refractivity contribution is -0.167. The largest absolute Gasteiger partial charge is 0.462 e. The Bertz CT molecular complexity index is 1430. The highest BCUT2D eigenvalue weighted by atomic mass is 16.6. The van der Waals surface area contributed by atoms with Crippen molar-refractivity contribution >= 4 is 17.9 Å². The Labute approximate surface area is 518 Å². The Morgan fingerprint density at radius 3 is 0.735 bits per heavy atom. The molecule has 0 heterocycles. The molecule has 0 aliphatic heterocycles. The highest BCUT2D eigenvalue weighted by Crippen LogP contribution is 2.19. The molecule has 0 saturated heterocycles. The Hall–Kier alpha value is -2.63. The molecule has 83 heavy (non-hydrogen) atoms. The summed E-state index contributed by atoms with van der Waals surface area (Å²) in [6, 6.07) is 0. The molecule has 0 fully saturated rings. The average molecular weight is 1160 g/mol. The first-order chi connectivity index (χ1) is 41.0. The van der Waals surface area contributed by atoms with Crippen molar-refractivity contribution in [1.82, 2.24) is 0 Å². The van der Waals surface area contributed by atoms with Crippen LogP contribution in [-0.4, -0.2) is 37.2 Å². The van der Waals surface area contributed by atoms with Gasteiger partial charge in [0.1, 0.15) is 13.2 Å². The standard InChI is InChI=1S/C77H142O6/c1-4-7-10-13-16-19-22-25-27-29-31-32-33-34-35-36-37-38-39-40-41-42-43-44-46-47-49-52-55-58-61-64-67-70-76(79)82-73-74(72-81-75(78)69-66-63-60-57-54-51-24-21-18-15-12-9-6-3)83-77(80)71-68-65-62-59-56-53-50-48-45-30-28-26-23-20-17-14-11-8-5-2/h8,11,17,20,26,28,45,48,74H,4-7,9-10,12-16,18-19,21-25,27,29-44,46-47,49-73H2,1-3H3/b11-8-,20-17-,28-26-,48-45-. The summed E-state index contributed by atoms with van der Waals surface area (Å²) in [6.07, 6.45) is 91.7. The highest BCUT2D eigenvalue weighted by Gasteiger charge is 2.20. The van der Waals surface area contributed by atoms with Crippen LogP contribution in [-0.2, 0) is 28.6 Å². The third-order valence-corrected chi connectivity index (χ3v) is 16.8. The number of esters is 3. The van der Waals surface area contributed by atoms with E-state index in [-0.39, 0.29) is 31.1 Å². The van der Waals surface area contributed by atoms with Gasteiger partial charge in [0.2, 0.25) is 0 Å². The van der Waals surface area contributed by atoms with Crippen molar-refractivity contribution in [3.63, 3.8) is 0 Å². The summed E-state index contributed by atoms with van der Waals surface area (Å²) in [6.45, 7) is 6.59. The van der Waals surface area contributed by atoms with Gasteiger partial charge in [0.25, 0.3) is 0 Å². The number of hydrogen-bond donors (Lipinski definition) is 0. The van der Waals surface area contributed by atoms with Gasteiger partial charge in [-0.3, -0.25) is 14.4 Å². The lowest BCUT2D eigenvalue weighted by Crippen LogP contribution is -2.30. The second-order valence-electron chi connectivity index (χ2n) is 25.2. The van der Waals surface area contributed by atoms with E-state index in [0.717, 1.165) is 96.3 Å². The number of ether oxygens (including phenoxy) is 3. The summed E-state index contributed by atoms with van der Waals surface area (Å²) in [5, 5.41) is 0. The van der Waals surface area contributed by atoms with E-state index in [1.165, 1.54) is 270 Å². The molecule has 0 spiro atoms. The van der Waals surface area contributed by atoms with E-state index in [1.54, 1.807) is 0 Å². The molecule has 0 aliphatic rings. The van der Waals surface area contributed by atoms with Gasteiger partial charge in [0.15, 0.2) is 6.10 Å². The van der Waals surface area contributed by atoms with Crippen LogP contribution < -0.4 is 0 Å². The van der Waals surface area contributed by atoms with Gasteiger partial charge in [-0.25, -0.2) is 0 Å². The van der Waals surface area contributed by atoms with E-state index in [2.05, 4.69) is 69.4 Å². The van der Waals surface area contributed by atoms with Crippen LogP contribution in [0, 0.1) is 0 Å². The lowest BCUT2D eigenvalue weighted by Gasteiger charge is -2.18. The second-order valence-corrected chi connectivity index (χ2v) is 25.2. The monoisotopic (exact) mass is 1160 g/mol. The van der Waals surface area contributed by atoms with E-state index in [4.69, 9.17) is 14.2 Å². The highest BCUT2D eigenvalue weighted by molar-refractivity contribution is 5.71. The second kappa shape index (κ2) is 71.8. The Kier molecular flexibility index (Phi) is 69.6. The average Bonchev–Trinajstić information content (AvgIpc) is 3.49. The fourth-order valence-electron chi connectivity index (χ4n) is 11.3. The van der Waals surface area contributed by atoms with Gasteiger partial charge in [-0.05, 0) is 57.8 Å². The SMILES string of the molecule is CC/C=C\C/C=C\C/C=C\C/C=C\CCCCCCCCC(=O)OC(COC(=O)CCCCCCCCCCCCCCC)COC(=O)CCCCCCCCCCCCCCCCCCCCCCCCCCCCCCCCCCC. The topological polar surface area (TPSA) is 78.9 Å². The molecule has 486 valence electrons. The Morgan fingerprint density at radius 2 is 0.470 bits per heavy atom. The van der Waals surface area contributed by atoms with Crippen molar-refractivity contribution < 1.29 is 28.6 Å². The zero-order chi connectivity index (χ0) is 59.9. The van der Waals surface area contributed by atoms with Gasteiger partial charge in [-0.15, -0.1) is 0 Å². The third kappa shape index (κ3) is 70.0. The van der Waals surface area contributed by atoms with Crippen molar-refractivity contribution in [2.45, 2.75) is 412 Å². The van der Waals surface area contributed by atoms with Crippen LogP contribution in [0.2, 0.25) is 0 Å². The number of carbonyl (C=O) groups excluding carboxylic acids is 3. The first-order valence-corrected chi connectivity index (χ1v) is 37.1. The first-order valence-electron chi connectivity index (χ1n) is 37.1. The number of carbonyl (C=O) groups is 3. The summed E-state index contributed by atoms with van der Waals surface area (Å²) in [5.74, 6) is -0.861. The van der Waals surface area contributed by atoms with Crippen LogP contribution >= 0.6 is 0 Å². The molecule has 0 aromatic carbocycles. The molecule has 6 nitrogen and oxygen atoms in total. The zero-order valence-electron chi connectivity index (χ0n) is 56.0. The van der Waals surface area contributed by atoms with Crippen molar-refractivity contribution in [3.8, 4) is 0 Å². The maximum atomic E-state index is 12.9. The first kappa shape index (κ1) is 80.4. The maximum Gasteiger partial charge on any atom is 0.306 e. The normalized spacial score (nSPS) is 12.3. The molecule has 0 aromatic rings. The number of rotatable bonds is 69. The third-order valence-electron chi connectivity index (χ3n) is 16.8. The molecule has 0 amide bonds. The molecule has 0 bridgehead atoms. The summed E-state index contributed by atoms with van der Waals surface area (Å²) in [4.78, 5) is 38.4. The fourth-order valence-corrected chi connectivity index (χ4v) is 11.3. The van der Waals surface area contributed by atoms with Gasteiger partial charge in [0.05, 0.1) is 0 Å². The van der Waals surface area contributed by atoms with E-state index in [1.807, 2.05) is 0 Å². The van der Waals surface area contributed by atoms with E-state index >= 15 is 0 Å². The number of unbranched alkanes of at least 4 members (excludes halogenated alkanes) is 50. The quantitative estimate of drug-likeness (QED) is 0.0261. The number of hydrogen-bond acceptors (Lipinski definition) is 6. The molecule has 0 aromatic heterocycles.